The van der Waals surface area contributed by atoms with Gasteiger partial charge < -0.3 is 14.9 Å². The second-order valence-corrected chi connectivity index (χ2v) is 5.19. The topological polar surface area (TPSA) is 65.5 Å². The minimum absolute atomic E-state index is 0.354. The molecule has 2 N–H and O–H groups in total. The van der Waals surface area contributed by atoms with Crippen molar-refractivity contribution in [1.29, 1.82) is 0 Å². The summed E-state index contributed by atoms with van der Waals surface area (Å²) in [6.45, 7) is 0.356. The van der Waals surface area contributed by atoms with E-state index in [1.54, 1.807) is 37.4 Å². The smallest absolute Gasteiger partial charge is 0.118 e. The number of ether oxygens (including phenoxy) is 1. The van der Waals surface area contributed by atoms with Crippen molar-refractivity contribution in [3.8, 4) is 5.75 Å². The highest BCUT2D eigenvalue weighted by Gasteiger charge is 2.08. The summed E-state index contributed by atoms with van der Waals surface area (Å²) in [5, 5.41) is 0. The molecule has 5 heteroatoms. The molecule has 0 saturated heterocycles. The molecule has 0 amide bonds. The summed E-state index contributed by atoms with van der Waals surface area (Å²) >= 11 is 0. The standard InChI is InChI=1S/C13H15NO3S/c1-16-10-4-6-13(7-5-10)18(15)9-12-3-2-11(8-14)17-12/h2-7H,8-9,14H2,1H3. The average Bonchev–Trinajstić information content (AvgIpc) is 2.86. The lowest BCUT2D eigenvalue weighted by atomic mass is 10.3. The molecule has 0 fully saturated rings. The minimum Gasteiger partial charge on any atom is -0.497 e. The lowest BCUT2D eigenvalue weighted by molar-refractivity contribution is 0.414. The maximum absolute atomic E-state index is 12.1. The maximum Gasteiger partial charge on any atom is 0.118 e. The average molecular weight is 265 g/mol. The molecule has 1 heterocycles. The highest BCUT2D eigenvalue weighted by Crippen LogP contribution is 2.18. The molecule has 0 radical (unpaired) electrons. The molecule has 0 spiro atoms. The number of hydrogen-bond donors (Lipinski definition) is 1. The monoisotopic (exact) mass is 265 g/mol. The Morgan fingerprint density at radius 1 is 1.17 bits per heavy atom. The van der Waals surface area contributed by atoms with Gasteiger partial charge in [0.05, 0.1) is 30.2 Å². The van der Waals surface area contributed by atoms with Crippen LogP contribution in [0.1, 0.15) is 11.5 Å². The quantitative estimate of drug-likeness (QED) is 0.898. The van der Waals surface area contributed by atoms with Crippen LogP contribution in [0.4, 0.5) is 0 Å². The van der Waals surface area contributed by atoms with Crippen LogP contribution in [0.25, 0.3) is 0 Å². The van der Waals surface area contributed by atoms with Crippen LogP contribution < -0.4 is 10.5 Å². The summed E-state index contributed by atoms with van der Waals surface area (Å²) < 4.78 is 22.6. The predicted molar refractivity (Wildman–Crippen MR) is 69.7 cm³/mol. The fraction of sp³-hybridized carbons (Fsp3) is 0.231. The summed E-state index contributed by atoms with van der Waals surface area (Å²) in [5.74, 6) is 2.49. The first-order chi connectivity index (χ1) is 8.72. The molecule has 96 valence electrons. The molecular formula is C13H15NO3S. The van der Waals surface area contributed by atoms with Crippen LogP contribution in [0.15, 0.2) is 45.7 Å². The minimum atomic E-state index is -1.12. The van der Waals surface area contributed by atoms with Gasteiger partial charge in [0.1, 0.15) is 17.3 Å². The molecule has 1 unspecified atom stereocenters. The summed E-state index contributed by atoms with van der Waals surface area (Å²) in [6, 6.07) is 10.8. The lowest BCUT2D eigenvalue weighted by Gasteiger charge is -2.02. The third-order valence-corrected chi connectivity index (χ3v) is 3.86. The van der Waals surface area contributed by atoms with Crippen LogP contribution in [-0.2, 0) is 23.1 Å². The van der Waals surface area contributed by atoms with Crippen molar-refractivity contribution in [2.24, 2.45) is 5.73 Å². The van der Waals surface area contributed by atoms with Gasteiger partial charge in [-0.25, -0.2) is 0 Å². The van der Waals surface area contributed by atoms with Crippen molar-refractivity contribution in [3.63, 3.8) is 0 Å². The Morgan fingerprint density at radius 2 is 1.83 bits per heavy atom. The zero-order valence-electron chi connectivity index (χ0n) is 10.1. The van der Waals surface area contributed by atoms with E-state index < -0.39 is 10.8 Å². The molecule has 0 aliphatic carbocycles. The first-order valence-corrected chi connectivity index (χ1v) is 6.85. The molecule has 1 aromatic heterocycles. The number of hydrogen-bond acceptors (Lipinski definition) is 4. The largest absolute Gasteiger partial charge is 0.497 e. The van der Waals surface area contributed by atoms with Gasteiger partial charge in [-0.1, -0.05) is 0 Å². The van der Waals surface area contributed by atoms with E-state index in [9.17, 15) is 4.21 Å². The molecular weight excluding hydrogens is 250 g/mol. The lowest BCUT2D eigenvalue weighted by Crippen LogP contribution is -1.96. The fourth-order valence-electron chi connectivity index (χ4n) is 1.55. The van der Waals surface area contributed by atoms with E-state index in [0.717, 1.165) is 10.6 Å². The van der Waals surface area contributed by atoms with Gasteiger partial charge >= 0.3 is 0 Å². The predicted octanol–water partition coefficient (Wildman–Crippen LogP) is 2.05. The highest BCUT2D eigenvalue weighted by molar-refractivity contribution is 7.84. The molecule has 1 aromatic carbocycles. The van der Waals surface area contributed by atoms with E-state index in [1.165, 1.54) is 0 Å². The van der Waals surface area contributed by atoms with Crippen LogP contribution in [0.2, 0.25) is 0 Å². The molecule has 4 nitrogen and oxygen atoms in total. The van der Waals surface area contributed by atoms with Gasteiger partial charge in [-0.15, -0.1) is 0 Å². The van der Waals surface area contributed by atoms with Crippen molar-refractivity contribution < 1.29 is 13.4 Å². The van der Waals surface area contributed by atoms with Crippen LogP contribution >= 0.6 is 0 Å². The first kappa shape index (κ1) is 12.9. The molecule has 0 aliphatic rings. The Hall–Kier alpha value is -1.59. The van der Waals surface area contributed by atoms with Gasteiger partial charge in [-0.3, -0.25) is 4.21 Å². The Labute approximate surface area is 108 Å². The zero-order valence-corrected chi connectivity index (χ0v) is 10.9. The first-order valence-electron chi connectivity index (χ1n) is 5.53. The molecule has 1 atom stereocenters. The Bertz CT molecular complexity index is 533. The third kappa shape index (κ3) is 3.00. The van der Waals surface area contributed by atoms with Gasteiger partial charge in [-0.05, 0) is 36.4 Å². The summed E-state index contributed by atoms with van der Waals surface area (Å²) in [4.78, 5) is 0.751. The second kappa shape index (κ2) is 5.84. The molecule has 2 rings (SSSR count). The molecule has 0 saturated carbocycles. The number of nitrogens with two attached hydrogens (primary N) is 1. The maximum atomic E-state index is 12.1. The molecule has 2 aromatic rings. The van der Waals surface area contributed by atoms with Gasteiger partial charge in [0, 0.05) is 4.90 Å². The number of rotatable bonds is 5. The molecule has 0 aliphatic heterocycles. The summed E-state index contributed by atoms with van der Waals surface area (Å²) in [5.41, 5.74) is 5.45. The van der Waals surface area contributed by atoms with E-state index >= 15 is 0 Å². The Balaban J connectivity index is 2.06. The molecule has 18 heavy (non-hydrogen) atoms. The van der Waals surface area contributed by atoms with Gasteiger partial charge in [0.25, 0.3) is 0 Å². The van der Waals surface area contributed by atoms with Crippen LogP contribution in [0.3, 0.4) is 0 Å². The normalized spacial score (nSPS) is 12.3. The van der Waals surface area contributed by atoms with E-state index in [0.29, 0.717) is 23.8 Å². The summed E-state index contributed by atoms with van der Waals surface area (Å²) in [7, 11) is 0.477. The van der Waals surface area contributed by atoms with Gasteiger partial charge in [-0.2, -0.15) is 0 Å². The fourth-order valence-corrected chi connectivity index (χ4v) is 2.57. The van der Waals surface area contributed by atoms with E-state index in [4.69, 9.17) is 14.9 Å². The van der Waals surface area contributed by atoms with Gasteiger partial charge in [0.2, 0.25) is 0 Å². The third-order valence-electron chi connectivity index (χ3n) is 2.51. The van der Waals surface area contributed by atoms with Crippen LogP contribution in [0.5, 0.6) is 5.75 Å². The number of methoxy groups -OCH3 is 1. The zero-order chi connectivity index (χ0) is 13.0. The number of benzene rings is 1. The van der Waals surface area contributed by atoms with E-state index in [2.05, 4.69) is 0 Å². The second-order valence-electron chi connectivity index (χ2n) is 3.74. The SMILES string of the molecule is COc1ccc(S(=O)Cc2ccc(CN)o2)cc1. The Morgan fingerprint density at radius 3 is 2.39 bits per heavy atom. The van der Waals surface area contributed by atoms with Crippen LogP contribution in [-0.4, -0.2) is 11.3 Å². The summed E-state index contributed by atoms with van der Waals surface area (Å²) in [6.07, 6.45) is 0. The van der Waals surface area contributed by atoms with Crippen molar-refractivity contribution >= 4 is 10.8 Å². The van der Waals surface area contributed by atoms with E-state index in [-0.39, 0.29) is 0 Å². The highest BCUT2D eigenvalue weighted by atomic mass is 32.2. The molecule has 0 bridgehead atoms. The van der Waals surface area contributed by atoms with Crippen molar-refractivity contribution in [3.05, 3.63) is 47.9 Å². The van der Waals surface area contributed by atoms with E-state index in [1.807, 2.05) is 6.07 Å². The van der Waals surface area contributed by atoms with Crippen molar-refractivity contribution in [1.82, 2.24) is 0 Å². The Kier molecular flexibility index (Phi) is 4.17. The number of furan rings is 1. The van der Waals surface area contributed by atoms with Crippen molar-refractivity contribution in [2.45, 2.75) is 17.2 Å². The van der Waals surface area contributed by atoms with Crippen LogP contribution in [0, 0.1) is 0 Å². The van der Waals surface area contributed by atoms with Gasteiger partial charge in [0.15, 0.2) is 0 Å². The van der Waals surface area contributed by atoms with Crippen molar-refractivity contribution in [2.75, 3.05) is 7.11 Å².